The van der Waals surface area contributed by atoms with Crippen molar-refractivity contribution in [2.24, 2.45) is 4.99 Å². The summed E-state index contributed by atoms with van der Waals surface area (Å²) in [5, 5.41) is 6.82. The highest BCUT2D eigenvalue weighted by Crippen LogP contribution is 2.23. The molecule has 1 aliphatic carbocycles. The summed E-state index contributed by atoms with van der Waals surface area (Å²) < 4.78 is 11.1. The lowest BCUT2D eigenvalue weighted by atomic mass is 10.1. The average Bonchev–Trinajstić information content (AvgIpc) is 3.26. The molecule has 1 saturated heterocycles. The van der Waals surface area contributed by atoms with Gasteiger partial charge in [0.2, 0.25) is 5.88 Å². The van der Waals surface area contributed by atoms with E-state index in [1.165, 1.54) is 12.8 Å². The third kappa shape index (κ3) is 6.78. The highest BCUT2D eigenvalue weighted by Gasteiger charge is 2.24. The van der Waals surface area contributed by atoms with Crippen molar-refractivity contribution in [2.75, 3.05) is 26.2 Å². The van der Waals surface area contributed by atoms with Gasteiger partial charge in [-0.3, -0.25) is 0 Å². The van der Waals surface area contributed by atoms with Crippen LogP contribution in [-0.4, -0.2) is 60.3 Å². The maximum Gasteiger partial charge on any atom is 0.409 e. The van der Waals surface area contributed by atoms with Gasteiger partial charge in [0, 0.05) is 37.9 Å². The van der Waals surface area contributed by atoms with Gasteiger partial charge in [-0.15, -0.1) is 0 Å². The fraction of sp³-hybridized carbons (Fsp3) is 0.682. The maximum absolute atomic E-state index is 11.9. The van der Waals surface area contributed by atoms with Crippen LogP contribution < -0.4 is 15.4 Å². The number of likely N-dealkylation sites (tertiary alicyclic amines) is 1. The molecule has 2 heterocycles. The average molecular weight is 418 g/mol. The first-order chi connectivity index (χ1) is 14.7. The molecule has 0 radical (unpaired) electrons. The van der Waals surface area contributed by atoms with Crippen LogP contribution in [0, 0.1) is 0 Å². The zero-order chi connectivity index (χ0) is 21.2. The summed E-state index contributed by atoms with van der Waals surface area (Å²) >= 11 is 0. The Morgan fingerprint density at radius 1 is 1.23 bits per heavy atom. The first kappa shape index (κ1) is 22.2. The predicted octanol–water partition coefficient (Wildman–Crippen LogP) is 3.08. The van der Waals surface area contributed by atoms with E-state index in [0.717, 1.165) is 43.8 Å². The third-order valence-electron chi connectivity index (χ3n) is 5.51. The third-order valence-corrected chi connectivity index (χ3v) is 5.51. The summed E-state index contributed by atoms with van der Waals surface area (Å²) in [4.78, 5) is 22.7. The van der Waals surface area contributed by atoms with E-state index in [1.54, 1.807) is 11.1 Å². The van der Waals surface area contributed by atoms with Crippen LogP contribution in [0.5, 0.6) is 5.88 Å². The first-order valence-corrected chi connectivity index (χ1v) is 11.3. The smallest absolute Gasteiger partial charge is 0.409 e. The van der Waals surface area contributed by atoms with E-state index in [2.05, 4.69) is 22.5 Å². The number of hydrogen-bond donors (Lipinski definition) is 2. The molecule has 2 fully saturated rings. The molecular formula is C22H35N5O3. The van der Waals surface area contributed by atoms with Crippen molar-refractivity contribution in [3.05, 3.63) is 23.9 Å². The van der Waals surface area contributed by atoms with Gasteiger partial charge in [0.25, 0.3) is 0 Å². The van der Waals surface area contributed by atoms with E-state index in [4.69, 9.17) is 14.5 Å². The summed E-state index contributed by atoms with van der Waals surface area (Å²) in [6.07, 6.45) is 8.34. The minimum absolute atomic E-state index is 0.218. The number of nitrogens with one attached hydrogen (secondary N) is 2. The van der Waals surface area contributed by atoms with E-state index < -0.39 is 0 Å². The van der Waals surface area contributed by atoms with Gasteiger partial charge in [-0.25, -0.2) is 14.8 Å². The molecule has 1 saturated carbocycles. The fourth-order valence-corrected chi connectivity index (χ4v) is 3.90. The Morgan fingerprint density at radius 3 is 2.70 bits per heavy atom. The van der Waals surface area contributed by atoms with Crippen molar-refractivity contribution < 1.29 is 14.3 Å². The summed E-state index contributed by atoms with van der Waals surface area (Å²) in [5.41, 5.74) is 1.08. The van der Waals surface area contributed by atoms with Crippen LogP contribution in [0.25, 0.3) is 0 Å². The number of guanidine groups is 1. The lowest BCUT2D eigenvalue weighted by Gasteiger charge is -2.32. The number of amides is 1. The van der Waals surface area contributed by atoms with E-state index >= 15 is 0 Å². The minimum Gasteiger partial charge on any atom is -0.474 e. The van der Waals surface area contributed by atoms with Crippen molar-refractivity contribution in [3.63, 3.8) is 0 Å². The molecule has 0 bridgehead atoms. The molecule has 1 aliphatic heterocycles. The van der Waals surface area contributed by atoms with Crippen molar-refractivity contribution in [3.8, 4) is 5.88 Å². The molecule has 8 heteroatoms. The van der Waals surface area contributed by atoms with Crippen molar-refractivity contribution in [1.82, 2.24) is 20.5 Å². The molecule has 166 valence electrons. The van der Waals surface area contributed by atoms with Crippen LogP contribution >= 0.6 is 0 Å². The second-order valence-electron chi connectivity index (χ2n) is 7.83. The molecule has 30 heavy (non-hydrogen) atoms. The Balaban J connectivity index is 1.51. The monoisotopic (exact) mass is 417 g/mol. The zero-order valence-corrected chi connectivity index (χ0v) is 18.2. The molecule has 1 aromatic rings. The van der Waals surface area contributed by atoms with Crippen LogP contribution in [-0.2, 0) is 11.3 Å². The van der Waals surface area contributed by atoms with E-state index in [0.29, 0.717) is 38.2 Å². The van der Waals surface area contributed by atoms with Crippen LogP contribution in [0.4, 0.5) is 4.79 Å². The first-order valence-electron chi connectivity index (χ1n) is 11.3. The van der Waals surface area contributed by atoms with Gasteiger partial charge in [0.15, 0.2) is 5.96 Å². The van der Waals surface area contributed by atoms with Gasteiger partial charge in [-0.05, 0) is 64.0 Å². The highest BCUT2D eigenvalue weighted by atomic mass is 16.6. The molecule has 2 N–H and O–H groups in total. The number of carbonyl (C=O) groups is 1. The number of aliphatic imine (C=N–C) groups is 1. The number of piperidine rings is 1. The maximum atomic E-state index is 11.9. The quantitative estimate of drug-likeness (QED) is 0.524. The van der Waals surface area contributed by atoms with Crippen molar-refractivity contribution >= 4 is 12.1 Å². The summed E-state index contributed by atoms with van der Waals surface area (Å²) in [6, 6.07) is 4.25. The SMILES string of the molecule is CCNC(=NCc1ccnc(OC2CCCC2)c1)NC1CCN(C(=O)OCC)CC1. The van der Waals surface area contributed by atoms with E-state index in [1.807, 2.05) is 19.1 Å². The van der Waals surface area contributed by atoms with Gasteiger partial charge in [-0.2, -0.15) is 0 Å². The lowest BCUT2D eigenvalue weighted by Crippen LogP contribution is -2.49. The largest absolute Gasteiger partial charge is 0.474 e. The molecule has 8 nitrogen and oxygen atoms in total. The summed E-state index contributed by atoms with van der Waals surface area (Å²) in [6.45, 7) is 7.04. The molecule has 0 atom stereocenters. The molecule has 1 amide bonds. The molecule has 2 aliphatic rings. The van der Waals surface area contributed by atoms with Gasteiger partial charge in [-0.1, -0.05) is 0 Å². The van der Waals surface area contributed by atoms with Gasteiger partial charge in [0.1, 0.15) is 6.10 Å². The second kappa shape index (κ2) is 11.6. The number of ether oxygens (including phenoxy) is 2. The number of carbonyl (C=O) groups excluding carboxylic acids is 1. The fourth-order valence-electron chi connectivity index (χ4n) is 3.90. The highest BCUT2D eigenvalue weighted by molar-refractivity contribution is 5.80. The molecule has 0 unspecified atom stereocenters. The number of aromatic nitrogens is 1. The predicted molar refractivity (Wildman–Crippen MR) is 117 cm³/mol. The summed E-state index contributed by atoms with van der Waals surface area (Å²) in [5.74, 6) is 1.49. The Hall–Kier alpha value is -2.51. The van der Waals surface area contributed by atoms with E-state index in [-0.39, 0.29) is 12.1 Å². The lowest BCUT2D eigenvalue weighted by molar-refractivity contribution is 0.0963. The van der Waals surface area contributed by atoms with Crippen LogP contribution in [0.15, 0.2) is 23.3 Å². The molecule has 3 rings (SSSR count). The normalized spacial score (nSPS) is 18.3. The van der Waals surface area contributed by atoms with Crippen molar-refractivity contribution in [2.45, 2.75) is 71.1 Å². The Bertz CT molecular complexity index is 698. The molecule has 0 spiro atoms. The van der Waals surface area contributed by atoms with Gasteiger partial charge < -0.3 is 25.0 Å². The zero-order valence-electron chi connectivity index (χ0n) is 18.2. The minimum atomic E-state index is -0.218. The molecular weight excluding hydrogens is 382 g/mol. The number of nitrogens with zero attached hydrogens (tertiary/aromatic N) is 3. The van der Waals surface area contributed by atoms with Crippen LogP contribution in [0.2, 0.25) is 0 Å². The number of rotatable bonds is 7. The topological polar surface area (TPSA) is 88.1 Å². The Kier molecular flexibility index (Phi) is 8.59. The number of pyridine rings is 1. The van der Waals surface area contributed by atoms with Gasteiger partial charge >= 0.3 is 6.09 Å². The van der Waals surface area contributed by atoms with Crippen molar-refractivity contribution in [1.29, 1.82) is 0 Å². The van der Waals surface area contributed by atoms with Crippen LogP contribution in [0.1, 0.15) is 57.9 Å². The number of hydrogen-bond acceptors (Lipinski definition) is 5. The Morgan fingerprint density at radius 2 is 2.00 bits per heavy atom. The standard InChI is InChI=1S/C22H35N5O3/c1-3-23-21(26-18-10-13-27(14-11-18)22(28)29-4-2)25-16-17-9-12-24-20(15-17)30-19-7-5-6-8-19/h9,12,15,18-19H,3-8,10-11,13-14,16H2,1-2H3,(H2,23,25,26). The van der Waals surface area contributed by atoms with E-state index in [9.17, 15) is 4.79 Å². The molecule has 1 aromatic heterocycles. The molecule has 0 aromatic carbocycles. The second-order valence-corrected chi connectivity index (χ2v) is 7.83. The summed E-state index contributed by atoms with van der Waals surface area (Å²) in [7, 11) is 0. The van der Waals surface area contributed by atoms with Gasteiger partial charge in [0.05, 0.1) is 13.2 Å². The van der Waals surface area contributed by atoms with Crippen LogP contribution in [0.3, 0.4) is 0 Å². The Labute approximate surface area is 179 Å².